The topological polar surface area (TPSA) is 93.5 Å². The van der Waals surface area contributed by atoms with Gasteiger partial charge in [-0.25, -0.2) is 0 Å². The third-order valence-corrected chi connectivity index (χ3v) is 6.17. The van der Waals surface area contributed by atoms with E-state index >= 15 is 0 Å². The highest BCUT2D eigenvalue weighted by molar-refractivity contribution is 6.18. The first-order chi connectivity index (χ1) is 16.0. The first-order valence-electron chi connectivity index (χ1n) is 10.6. The van der Waals surface area contributed by atoms with Gasteiger partial charge in [0, 0.05) is 25.1 Å². The average molecular weight is 436 g/mol. The molecule has 2 aliphatic heterocycles. The maximum absolute atomic E-state index is 13.9. The molecule has 3 amide bonds. The van der Waals surface area contributed by atoms with Crippen molar-refractivity contribution in [1.29, 1.82) is 5.26 Å². The molecule has 7 nitrogen and oxygen atoms in total. The highest BCUT2D eigenvalue weighted by Gasteiger charge is 2.60. The molecule has 0 saturated carbocycles. The molecule has 1 saturated heterocycles. The number of anilines is 2. The number of carbonyl (C=O) groups is 3. The van der Waals surface area contributed by atoms with E-state index in [9.17, 15) is 19.6 Å². The molecule has 0 aromatic heterocycles. The predicted molar refractivity (Wildman–Crippen MR) is 122 cm³/mol. The molecule has 2 heterocycles. The van der Waals surface area contributed by atoms with Crippen LogP contribution >= 0.6 is 0 Å². The number of nitrogens with zero attached hydrogens (tertiary/aromatic N) is 3. The Morgan fingerprint density at radius 3 is 2.55 bits per heavy atom. The number of carbonyl (C=O) groups excluding carboxylic acids is 3. The van der Waals surface area contributed by atoms with Crippen molar-refractivity contribution in [2.75, 3.05) is 10.2 Å². The second-order valence-electron chi connectivity index (χ2n) is 8.09. The number of para-hydroxylation sites is 1. The fourth-order valence-electron chi connectivity index (χ4n) is 4.67. The molecule has 0 bridgehead atoms. The lowest BCUT2D eigenvalue weighted by molar-refractivity contribution is -0.129. The van der Waals surface area contributed by atoms with E-state index in [2.05, 4.69) is 11.4 Å². The number of nitriles is 1. The SMILES string of the molecule is N#Cc1cccc(NC(=O)C23CCC(=O)N2c2ccccc2C(=O)N3Cc2ccccc2)c1. The molecule has 7 heteroatoms. The van der Waals surface area contributed by atoms with Crippen molar-refractivity contribution in [3.8, 4) is 6.07 Å². The minimum absolute atomic E-state index is 0.137. The van der Waals surface area contributed by atoms with Crippen molar-refractivity contribution in [3.05, 3.63) is 95.6 Å². The lowest BCUT2D eigenvalue weighted by Gasteiger charge is -2.49. The molecular weight excluding hydrogens is 416 g/mol. The van der Waals surface area contributed by atoms with Crippen LogP contribution in [0.1, 0.15) is 34.3 Å². The summed E-state index contributed by atoms with van der Waals surface area (Å²) in [6.07, 6.45) is 0.307. The van der Waals surface area contributed by atoms with Gasteiger partial charge in [0.25, 0.3) is 11.8 Å². The van der Waals surface area contributed by atoms with Gasteiger partial charge >= 0.3 is 0 Å². The molecule has 0 aliphatic carbocycles. The zero-order chi connectivity index (χ0) is 23.0. The third-order valence-electron chi connectivity index (χ3n) is 6.17. The molecule has 33 heavy (non-hydrogen) atoms. The van der Waals surface area contributed by atoms with Crippen LogP contribution in [0, 0.1) is 11.3 Å². The summed E-state index contributed by atoms with van der Waals surface area (Å²) in [6.45, 7) is 0.170. The third kappa shape index (κ3) is 3.24. The van der Waals surface area contributed by atoms with E-state index in [1.54, 1.807) is 48.5 Å². The van der Waals surface area contributed by atoms with Crippen LogP contribution in [0.4, 0.5) is 11.4 Å². The number of nitrogens with one attached hydrogen (secondary N) is 1. The minimum atomic E-state index is -1.51. The summed E-state index contributed by atoms with van der Waals surface area (Å²) in [5.41, 5.74) is 0.993. The van der Waals surface area contributed by atoms with Gasteiger partial charge in [-0.1, -0.05) is 48.5 Å². The molecule has 1 unspecified atom stereocenters. The van der Waals surface area contributed by atoms with Crippen LogP contribution in [0.3, 0.4) is 0 Å². The molecule has 1 fully saturated rings. The fourth-order valence-corrected chi connectivity index (χ4v) is 4.67. The Hall–Kier alpha value is -4.44. The van der Waals surface area contributed by atoms with Gasteiger partial charge in [-0.2, -0.15) is 5.26 Å². The van der Waals surface area contributed by atoms with Gasteiger partial charge in [-0.05, 0) is 35.9 Å². The predicted octanol–water partition coefficient (Wildman–Crippen LogP) is 3.68. The lowest BCUT2D eigenvalue weighted by atomic mass is 9.94. The second kappa shape index (κ2) is 7.92. The summed E-state index contributed by atoms with van der Waals surface area (Å²) in [4.78, 5) is 43.7. The van der Waals surface area contributed by atoms with Gasteiger partial charge in [-0.15, -0.1) is 0 Å². The van der Waals surface area contributed by atoms with Crippen LogP contribution in [-0.2, 0) is 16.1 Å². The van der Waals surface area contributed by atoms with E-state index in [1.807, 2.05) is 30.3 Å². The fraction of sp³-hybridized carbons (Fsp3) is 0.154. The van der Waals surface area contributed by atoms with Gasteiger partial charge in [0.05, 0.1) is 22.9 Å². The summed E-state index contributed by atoms with van der Waals surface area (Å²) in [7, 11) is 0. The molecule has 1 N–H and O–H groups in total. The van der Waals surface area contributed by atoms with E-state index in [4.69, 9.17) is 0 Å². The number of amides is 3. The van der Waals surface area contributed by atoms with E-state index in [-0.39, 0.29) is 31.2 Å². The summed E-state index contributed by atoms with van der Waals surface area (Å²) >= 11 is 0. The molecule has 3 aromatic rings. The van der Waals surface area contributed by atoms with Gasteiger partial charge < -0.3 is 10.2 Å². The number of hydrogen-bond donors (Lipinski definition) is 1. The van der Waals surface area contributed by atoms with Crippen LogP contribution in [0.25, 0.3) is 0 Å². The van der Waals surface area contributed by atoms with Crippen molar-refractivity contribution < 1.29 is 14.4 Å². The standard InChI is InChI=1S/C26H20N4O3/c27-16-19-9-6-10-20(15-19)28-25(33)26-14-13-23(31)30(26)22-12-5-4-11-21(22)24(32)29(26)17-18-7-2-1-3-8-18/h1-12,15H,13-14,17H2,(H,28,33). The Kier molecular flexibility index (Phi) is 4.91. The molecule has 5 rings (SSSR count). The lowest BCUT2D eigenvalue weighted by Crippen LogP contribution is -2.69. The average Bonchev–Trinajstić information content (AvgIpc) is 3.21. The van der Waals surface area contributed by atoms with Crippen molar-refractivity contribution in [1.82, 2.24) is 4.90 Å². The Labute approximate surface area is 190 Å². The number of rotatable bonds is 4. The van der Waals surface area contributed by atoms with Crippen LogP contribution in [0.5, 0.6) is 0 Å². The smallest absolute Gasteiger partial charge is 0.271 e. The van der Waals surface area contributed by atoms with Crippen LogP contribution in [0.2, 0.25) is 0 Å². The number of fused-ring (bicyclic) bond motifs is 3. The Bertz CT molecular complexity index is 1310. The first-order valence-corrected chi connectivity index (χ1v) is 10.6. The summed E-state index contributed by atoms with van der Waals surface area (Å²) in [6, 6.07) is 24.9. The van der Waals surface area contributed by atoms with Crippen LogP contribution in [-0.4, -0.2) is 28.3 Å². The monoisotopic (exact) mass is 436 g/mol. The zero-order valence-corrected chi connectivity index (χ0v) is 17.7. The molecule has 1 atom stereocenters. The zero-order valence-electron chi connectivity index (χ0n) is 17.7. The van der Waals surface area contributed by atoms with Crippen molar-refractivity contribution >= 4 is 29.1 Å². The minimum Gasteiger partial charge on any atom is -0.322 e. The van der Waals surface area contributed by atoms with Crippen molar-refractivity contribution in [2.24, 2.45) is 0 Å². The van der Waals surface area contributed by atoms with Crippen LogP contribution < -0.4 is 10.2 Å². The van der Waals surface area contributed by atoms with E-state index in [1.165, 1.54) is 9.80 Å². The molecule has 3 aromatic carbocycles. The Balaban J connectivity index is 1.64. The van der Waals surface area contributed by atoms with Gasteiger partial charge in [0.1, 0.15) is 0 Å². The molecule has 2 aliphatic rings. The summed E-state index contributed by atoms with van der Waals surface area (Å²) in [5.74, 6) is -1.00. The molecule has 0 radical (unpaired) electrons. The quantitative estimate of drug-likeness (QED) is 0.675. The Morgan fingerprint density at radius 1 is 1.00 bits per heavy atom. The summed E-state index contributed by atoms with van der Waals surface area (Å²) < 4.78 is 0. The Morgan fingerprint density at radius 2 is 1.76 bits per heavy atom. The van der Waals surface area contributed by atoms with Gasteiger partial charge in [0.15, 0.2) is 0 Å². The maximum Gasteiger partial charge on any atom is 0.271 e. The normalized spacial score (nSPS) is 19.0. The largest absolute Gasteiger partial charge is 0.322 e. The molecule has 0 spiro atoms. The summed E-state index contributed by atoms with van der Waals surface area (Å²) in [5, 5.41) is 12.1. The first kappa shape index (κ1) is 20.5. The second-order valence-corrected chi connectivity index (χ2v) is 8.09. The molecule has 162 valence electrons. The van der Waals surface area contributed by atoms with Gasteiger partial charge in [-0.3, -0.25) is 19.3 Å². The highest BCUT2D eigenvalue weighted by atomic mass is 16.2. The van der Waals surface area contributed by atoms with Crippen LogP contribution in [0.15, 0.2) is 78.9 Å². The number of hydrogen-bond acceptors (Lipinski definition) is 4. The van der Waals surface area contributed by atoms with Gasteiger partial charge in [0.2, 0.25) is 11.6 Å². The van der Waals surface area contributed by atoms with E-state index in [0.29, 0.717) is 22.5 Å². The van der Waals surface area contributed by atoms with Crippen molar-refractivity contribution in [3.63, 3.8) is 0 Å². The highest BCUT2D eigenvalue weighted by Crippen LogP contribution is 2.45. The maximum atomic E-state index is 13.9. The molecular formula is C26H20N4O3. The number of benzene rings is 3. The van der Waals surface area contributed by atoms with E-state index in [0.717, 1.165) is 5.56 Å². The van der Waals surface area contributed by atoms with E-state index < -0.39 is 11.6 Å². The van der Waals surface area contributed by atoms with Crippen molar-refractivity contribution in [2.45, 2.75) is 25.0 Å².